The molecule has 32 heavy (non-hydrogen) atoms. The molecular weight excluding hydrogens is 412 g/mol. The van der Waals surface area contributed by atoms with Crippen LogP contribution in [0.25, 0.3) is 32.9 Å². The maximum absolute atomic E-state index is 15.9. The minimum Gasteiger partial charge on any atom is -0.507 e. The Bertz CT molecular complexity index is 1430. The second-order valence-electron chi connectivity index (χ2n) is 8.24. The number of aromatic hydroxyl groups is 1. The number of aromatic nitrogens is 3. The second-order valence-corrected chi connectivity index (χ2v) is 8.24. The van der Waals surface area contributed by atoms with Crippen LogP contribution >= 0.6 is 0 Å². The summed E-state index contributed by atoms with van der Waals surface area (Å²) >= 11 is 0. The van der Waals surface area contributed by atoms with Gasteiger partial charge in [0.05, 0.1) is 17.1 Å². The molecule has 1 aliphatic rings. The molecule has 1 atom stereocenters. The van der Waals surface area contributed by atoms with Crippen LogP contribution in [0.15, 0.2) is 30.5 Å². The van der Waals surface area contributed by atoms with Gasteiger partial charge in [-0.05, 0) is 37.4 Å². The quantitative estimate of drug-likeness (QED) is 0.373. The molecule has 4 aromatic rings. The topological polar surface area (TPSA) is 76.1 Å². The van der Waals surface area contributed by atoms with Gasteiger partial charge in [-0.3, -0.25) is 5.32 Å². The first kappa shape index (κ1) is 20.2. The van der Waals surface area contributed by atoms with Gasteiger partial charge in [0.2, 0.25) is 0 Å². The average molecular weight is 433 g/mol. The smallest absolute Gasteiger partial charge is 0.175 e. The number of pyridine rings is 1. The van der Waals surface area contributed by atoms with Gasteiger partial charge in [-0.15, -0.1) is 6.42 Å². The molecule has 0 radical (unpaired) electrons. The Balaban J connectivity index is 1.85. The van der Waals surface area contributed by atoms with Gasteiger partial charge in [-0.2, -0.15) is 5.10 Å². The largest absolute Gasteiger partial charge is 0.507 e. The van der Waals surface area contributed by atoms with Crippen LogP contribution in [0.4, 0.5) is 14.6 Å². The van der Waals surface area contributed by atoms with E-state index >= 15 is 4.39 Å². The zero-order valence-corrected chi connectivity index (χ0v) is 17.8. The van der Waals surface area contributed by atoms with Crippen LogP contribution < -0.4 is 10.2 Å². The molecule has 1 saturated heterocycles. The van der Waals surface area contributed by atoms with Gasteiger partial charge in [0.1, 0.15) is 34.8 Å². The van der Waals surface area contributed by atoms with Crippen LogP contribution in [0.2, 0.25) is 0 Å². The first-order valence-electron chi connectivity index (χ1n) is 10.3. The number of anilines is 1. The van der Waals surface area contributed by atoms with Crippen molar-refractivity contribution < 1.29 is 13.9 Å². The highest BCUT2D eigenvalue weighted by molar-refractivity contribution is 5.97. The molecule has 0 aliphatic carbocycles. The lowest BCUT2D eigenvalue weighted by atomic mass is 9.98. The summed E-state index contributed by atoms with van der Waals surface area (Å²) in [5, 5.41) is 19.8. The van der Waals surface area contributed by atoms with Crippen molar-refractivity contribution in [3.05, 3.63) is 47.7 Å². The molecule has 8 heteroatoms. The number of nitrogens with one attached hydrogen (secondary N) is 1. The van der Waals surface area contributed by atoms with Crippen LogP contribution in [0.1, 0.15) is 25.6 Å². The van der Waals surface area contributed by atoms with Gasteiger partial charge in [-0.1, -0.05) is 12.0 Å². The lowest BCUT2D eigenvalue weighted by Crippen LogP contribution is -2.27. The van der Waals surface area contributed by atoms with Gasteiger partial charge < -0.3 is 10.0 Å². The maximum Gasteiger partial charge on any atom is 0.175 e. The first-order chi connectivity index (χ1) is 15.3. The van der Waals surface area contributed by atoms with Crippen molar-refractivity contribution in [3.8, 4) is 29.4 Å². The fourth-order valence-electron chi connectivity index (χ4n) is 3.90. The summed E-state index contributed by atoms with van der Waals surface area (Å²) in [6, 6.07) is 5.79. The molecule has 6 nitrogen and oxygen atoms in total. The van der Waals surface area contributed by atoms with E-state index in [1.165, 1.54) is 24.3 Å². The number of benzene rings is 2. The van der Waals surface area contributed by atoms with Crippen molar-refractivity contribution >= 4 is 27.5 Å². The molecule has 1 aliphatic heterocycles. The maximum atomic E-state index is 15.9. The molecular formula is C24H21F2N5O. The number of phenols is 1. The van der Waals surface area contributed by atoms with Gasteiger partial charge in [0.15, 0.2) is 5.82 Å². The zero-order valence-electron chi connectivity index (χ0n) is 17.8. The molecule has 0 bridgehead atoms. The van der Waals surface area contributed by atoms with Crippen molar-refractivity contribution in [2.45, 2.75) is 26.1 Å². The normalized spacial score (nSPS) is 15.5. The number of hydrogen-bond acceptors (Lipinski definition) is 5. The van der Waals surface area contributed by atoms with Gasteiger partial charge in [0.25, 0.3) is 0 Å². The first-order valence-corrected chi connectivity index (χ1v) is 10.3. The third-order valence-corrected chi connectivity index (χ3v) is 5.95. The molecule has 162 valence electrons. The van der Waals surface area contributed by atoms with E-state index in [0.29, 0.717) is 34.0 Å². The Morgan fingerprint density at radius 2 is 2.03 bits per heavy atom. The van der Waals surface area contributed by atoms with Crippen LogP contribution in [-0.2, 0) is 0 Å². The molecule has 0 amide bonds. The highest BCUT2D eigenvalue weighted by Gasteiger charge is 2.30. The van der Waals surface area contributed by atoms with Crippen molar-refractivity contribution in [1.82, 2.24) is 20.1 Å². The average Bonchev–Trinajstić information content (AvgIpc) is 3.51. The molecule has 2 aromatic carbocycles. The Kier molecular flexibility index (Phi) is 4.53. The minimum atomic E-state index is -0.611. The Hall–Kier alpha value is -3.70. The van der Waals surface area contributed by atoms with Crippen molar-refractivity contribution in [3.63, 3.8) is 0 Å². The molecule has 3 heterocycles. The number of fused-ring (bicyclic) bond motifs is 2. The predicted molar refractivity (Wildman–Crippen MR) is 121 cm³/mol. The van der Waals surface area contributed by atoms with Crippen molar-refractivity contribution in [2.75, 3.05) is 18.5 Å². The standard InChI is InChI=1S/C24H21F2N5O/c1-5-14-15-9-16(19(32)8-13(15)6-7-18(14)25)22-21(26)23-17(10-28-31(23)20-11-27-20)24(29-22)30(4)12(2)3/h1,6-10,12,20,27,32H,11H2,2-4H3/t20-/m1/s1. The SMILES string of the molecule is C#Cc1c(F)ccc2cc(O)c(-c3nc(N(C)C(C)C)c4cnn([C@@H]5CN5)c4c3F)cc12. The Labute approximate surface area is 183 Å². The van der Waals surface area contributed by atoms with E-state index in [1.807, 2.05) is 25.8 Å². The second kappa shape index (κ2) is 7.18. The van der Waals surface area contributed by atoms with Crippen LogP contribution in [-0.4, -0.2) is 39.5 Å². The molecule has 2 N–H and O–H groups in total. The van der Waals surface area contributed by atoms with E-state index in [1.54, 1.807) is 10.9 Å². The van der Waals surface area contributed by atoms with E-state index in [2.05, 4.69) is 21.3 Å². The van der Waals surface area contributed by atoms with Gasteiger partial charge in [0, 0.05) is 30.6 Å². The lowest BCUT2D eigenvalue weighted by molar-refractivity contribution is 0.477. The summed E-state index contributed by atoms with van der Waals surface area (Å²) in [4.78, 5) is 6.52. The number of phenolic OH excluding ortho intramolecular Hbond substituents is 1. The molecule has 0 unspecified atom stereocenters. The van der Waals surface area contributed by atoms with Crippen LogP contribution in [0, 0.1) is 24.0 Å². The highest BCUT2D eigenvalue weighted by Crippen LogP contribution is 2.40. The lowest BCUT2D eigenvalue weighted by Gasteiger charge is -2.24. The third-order valence-electron chi connectivity index (χ3n) is 5.95. The van der Waals surface area contributed by atoms with E-state index in [4.69, 9.17) is 6.42 Å². The minimum absolute atomic E-state index is 0.0472. The highest BCUT2D eigenvalue weighted by atomic mass is 19.1. The Morgan fingerprint density at radius 1 is 1.28 bits per heavy atom. The van der Waals surface area contributed by atoms with Crippen LogP contribution in [0.3, 0.4) is 0 Å². The molecule has 5 rings (SSSR count). The number of nitrogens with zero attached hydrogens (tertiary/aromatic N) is 4. The predicted octanol–water partition coefficient (Wildman–Crippen LogP) is 4.16. The monoisotopic (exact) mass is 433 g/mol. The van der Waals surface area contributed by atoms with E-state index in [9.17, 15) is 9.50 Å². The summed E-state index contributed by atoms with van der Waals surface area (Å²) in [7, 11) is 1.87. The van der Waals surface area contributed by atoms with Gasteiger partial charge in [-0.25, -0.2) is 18.4 Å². The number of rotatable bonds is 4. The van der Waals surface area contributed by atoms with E-state index in [0.717, 1.165) is 0 Å². The molecule has 0 saturated carbocycles. The summed E-state index contributed by atoms with van der Waals surface area (Å²) < 4.78 is 31.8. The molecule has 2 aromatic heterocycles. The summed E-state index contributed by atoms with van der Waals surface area (Å²) in [6.45, 7) is 4.69. The number of terminal acetylenes is 1. The summed E-state index contributed by atoms with van der Waals surface area (Å²) in [5.74, 6) is 1.55. The van der Waals surface area contributed by atoms with Gasteiger partial charge >= 0.3 is 0 Å². The van der Waals surface area contributed by atoms with Crippen molar-refractivity contribution in [1.29, 1.82) is 0 Å². The van der Waals surface area contributed by atoms with E-state index in [-0.39, 0.29) is 34.8 Å². The molecule has 0 spiro atoms. The number of halogens is 2. The fraction of sp³-hybridized carbons (Fsp3) is 0.250. The Morgan fingerprint density at radius 3 is 2.69 bits per heavy atom. The molecule has 1 fully saturated rings. The van der Waals surface area contributed by atoms with Crippen LogP contribution in [0.5, 0.6) is 5.75 Å². The van der Waals surface area contributed by atoms with E-state index < -0.39 is 11.6 Å². The zero-order chi connectivity index (χ0) is 22.7. The van der Waals surface area contributed by atoms with Crippen molar-refractivity contribution in [2.24, 2.45) is 0 Å². The third kappa shape index (κ3) is 2.97. The number of hydrogen-bond donors (Lipinski definition) is 2. The summed E-state index contributed by atoms with van der Waals surface area (Å²) in [5.41, 5.74) is 0.434. The summed E-state index contributed by atoms with van der Waals surface area (Å²) in [6.07, 6.45) is 7.03. The fourth-order valence-corrected chi connectivity index (χ4v) is 3.90.